The molecule has 0 fully saturated rings. The van der Waals surface area contributed by atoms with Crippen LogP contribution in [0.25, 0.3) is 16.9 Å². The van der Waals surface area contributed by atoms with Crippen LogP contribution >= 0.6 is 0 Å². The van der Waals surface area contributed by atoms with Gasteiger partial charge in [-0.15, -0.1) is 0 Å². The van der Waals surface area contributed by atoms with Gasteiger partial charge in [-0.25, -0.2) is 4.79 Å². The van der Waals surface area contributed by atoms with E-state index in [9.17, 15) is 14.9 Å². The average Bonchev–Trinajstić information content (AvgIpc) is 3.00. The number of aromatic nitrogens is 1. The lowest BCUT2D eigenvalue weighted by atomic mass is 10.1. The number of hydrogen-bond acceptors (Lipinski definition) is 4. The highest BCUT2D eigenvalue weighted by molar-refractivity contribution is 5.93. The first kappa shape index (κ1) is 17.4. The number of esters is 1. The Labute approximate surface area is 150 Å². The predicted molar refractivity (Wildman–Crippen MR) is 98.6 cm³/mol. The molecule has 0 N–H and O–H groups in total. The van der Waals surface area contributed by atoms with E-state index in [4.69, 9.17) is 4.74 Å². The van der Waals surface area contributed by atoms with E-state index in [1.807, 2.05) is 34.9 Å². The van der Waals surface area contributed by atoms with Crippen molar-refractivity contribution in [2.45, 2.75) is 13.8 Å². The number of hydrogen-bond donors (Lipinski definition) is 0. The van der Waals surface area contributed by atoms with Gasteiger partial charge in [0.05, 0.1) is 28.4 Å². The third kappa shape index (κ3) is 3.09. The van der Waals surface area contributed by atoms with E-state index in [-0.39, 0.29) is 12.3 Å². The number of rotatable bonds is 5. The summed E-state index contributed by atoms with van der Waals surface area (Å²) in [5.74, 6) is -0.445. The Balaban J connectivity index is 2.30. The molecule has 2 aromatic carbocycles. The molecule has 3 aromatic rings. The summed E-state index contributed by atoms with van der Waals surface area (Å²) in [6, 6.07) is 17.6. The molecule has 0 aliphatic carbocycles. The number of para-hydroxylation sites is 2. The molecule has 0 radical (unpaired) electrons. The maximum atomic E-state index is 12.3. The third-order valence-corrected chi connectivity index (χ3v) is 4.13. The zero-order valence-corrected chi connectivity index (χ0v) is 14.5. The smallest absolute Gasteiger partial charge is 0.339 e. The van der Waals surface area contributed by atoms with Crippen molar-refractivity contribution in [2.75, 3.05) is 6.61 Å². The van der Waals surface area contributed by atoms with Crippen LogP contribution < -0.4 is 0 Å². The van der Waals surface area contributed by atoms with E-state index in [0.717, 1.165) is 5.69 Å². The van der Waals surface area contributed by atoms with Gasteiger partial charge in [0, 0.05) is 17.4 Å². The van der Waals surface area contributed by atoms with Gasteiger partial charge in [-0.3, -0.25) is 10.1 Å². The molecule has 0 atom stereocenters. The SMILES string of the molecule is CCOC(=O)c1cc(-c2ccccc2[N+](=O)[O-])n(-c2ccccc2)c1C. The topological polar surface area (TPSA) is 74.4 Å². The van der Waals surface area contributed by atoms with Crippen molar-refractivity contribution in [3.63, 3.8) is 0 Å². The van der Waals surface area contributed by atoms with Gasteiger partial charge in [0.25, 0.3) is 5.69 Å². The second kappa shape index (κ2) is 7.23. The van der Waals surface area contributed by atoms with E-state index in [2.05, 4.69) is 0 Å². The third-order valence-electron chi connectivity index (χ3n) is 4.13. The molecule has 0 aliphatic rings. The average molecular weight is 350 g/mol. The maximum Gasteiger partial charge on any atom is 0.339 e. The summed E-state index contributed by atoms with van der Waals surface area (Å²) < 4.78 is 6.98. The van der Waals surface area contributed by atoms with Gasteiger partial charge in [0.15, 0.2) is 0 Å². The van der Waals surface area contributed by atoms with Crippen LogP contribution in [0.15, 0.2) is 60.7 Å². The number of carbonyl (C=O) groups excluding carboxylic acids is 1. The van der Waals surface area contributed by atoms with Crippen molar-refractivity contribution >= 4 is 11.7 Å². The molecule has 0 amide bonds. The molecule has 1 heterocycles. The van der Waals surface area contributed by atoms with Crippen molar-refractivity contribution in [2.24, 2.45) is 0 Å². The molecule has 132 valence electrons. The molecule has 0 spiro atoms. The van der Waals surface area contributed by atoms with Crippen molar-refractivity contribution < 1.29 is 14.5 Å². The number of nitro benzene ring substituents is 1. The Bertz CT molecular complexity index is 961. The van der Waals surface area contributed by atoms with Crippen molar-refractivity contribution in [1.29, 1.82) is 0 Å². The van der Waals surface area contributed by atoms with Crippen LogP contribution in [-0.2, 0) is 4.74 Å². The Morgan fingerprint density at radius 2 is 1.77 bits per heavy atom. The highest BCUT2D eigenvalue weighted by Gasteiger charge is 2.24. The van der Waals surface area contributed by atoms with Crippen LogP contribution in [0.3, 0.4) is 0 Å². The molecule has 1 aromatic heterocycles. The summed E-state index contributed by atoms with van der Waals surface area (Å²) in [6.45, 7) is 3.80. The largest absolute Gasteiger partial charge is 0.462 e. The number of carbonyl (C=O) groups is 1. The van der Waals surface area contributed by atoms with E-state index in [1.54, 1.807) is 38.1 Å². The Hall–Kier alpha value is -3.41. The summed E-state index contributed by atoms with van der Waals surface area (Å²) in [4.78, 5) is 23.4. The minimum absolute atomic E-state index is 0.0161. The Morgan fingerprint density at radius 1 is 1.12 bits per heavy atom. The molecule has 0 saturated carbocycles. The molecule has 0 aliphatic heterocycles. The van der Waals surface area contributed by atoms with Crippen LogP contribution in [0.1, 0.15) is 23.0 Å². The molecule has 0 bridgehead atoms. The van der Waals surface area contributed by atoms with Gasteiger partial charge in [0.2, 0.25) is 0 Å². The summed E-state index contributed by atoms with van der Waals surface area (Å²) in [7, 11) is 0. The van der Waals surface area contributed by atoms with Gasteiger partial charge in [-0.1, -0.05) is 30.3 Å². The lowest BCUT2D eigenvalue weighted by Gasteiger charge is -2.12. The minimum Gasteiger partial charge on any atom is -0.462 e. The summed E-state index contributed by atoms with van der Waals surface area (Å²) in [6.07, 6.45) is 0. The Morgan fingerprint density at radius 3 is 2.42 bits per heavy atom. The summed E-state index contributed by atoms with van der Waals surface area (Å²) in [5, 5.41) is 11.5. The number of ether oxygens (including phenoxy) is 1. The number of nitro groups is 1. The van der Waals surface area contributed by atoms with E-state index >= 15 is 0 Å². The van der Waals surface area contributed by atoms with Crippen molar-refractivity contribution in [3.8, 4) is 16.9 Å². The molecule has 6 nitrogen and oxygen atoms in total. The first-order chi connectivity index (χ1) is 12.5. The van der Waals surface area contributed by atoms with Crippen LogP contribution in [0.5, 0.6) is 0 Å². The zero-order chi connectivity index (χ0) is 18.7. The number of benzene rings is 2. The molecule has 3 rings (SSSR count). The summed E-state index contributed by atoms with van der Waals surface area (Å²) in [5.41, 5.74) is 2.88. The first-order valence-electron chi connectivity index (χ1n) is 8.23. The fourth-order valence-corrected chi connectivity index (χ4v) is 2.98. The summed E-state index contributed by atoms with van der Waals surface area (Å²) >= 11 is 0. The van der Waals surface area contributed by atoms with Crippen molar-refractivity contribution in [3.05, 3.63) is 82.0 Å². The highest BCUT2D eigenvalue weighted by Crippen LogP contribution is 2.35. The lowest BCUT2D eigenvalue weighted by Crippen LogP contribution is -2.06. The minimum atomic E-state index is -0.445. The molecule has 0 unspecified atom stereocenters. The number of nitrogens with zero attached hydrogens (tertiary/aromatic N) is 2. The van der Waals surface area contributed by atoms with Crippen molar-refractivity contribution in [1.82, 2.24) is 4.57 Å². The standard InChI is InChI=1S/C20H18N2O4/c1-3-26-20(23)17-13-19(16-11-7-8-12-18(16)22(24)25)21(14(17)2)15-9-5-4-6-10-15/h4-13H,3H2,1-2H3. The van der Waals surface area contributed by atoms with Gasteiger partial charge >= 0.3 is 5.97 Å². The fourth-order valence-electron chi connectivity index (χ4n) is 2.98. The molecule has 6 heteroatoms. The van der Waals surface area contributed by atoms with E-state index < -0.39 is 10.9 Å². The maximum absolute atomic E-state index is 12.3. The second-order valence-electron chi connectivity index (χ2n) is 5.69. The lowest BCUT2D eigenvalue weighted by molar-refractivity contribution is -0.384. The normalized spacial score (nSPS) is 10.5. The van der Waals surface area contributed by atoms with Gasteiger partial charge in [-0.05, 0) is 38.1 Å². The van der Waals surface area contributed by atoms with E-state index in [1.165, 1.54) is 6.07 Å². The fraction of sp³-hybridized carbons (Fsp3) is 0.150. The molecule has 26 heavy (non-hydrogen) atoms. The van der Waals surface area contributed by atoms with Crippen LogP contribution in [0.4, 0.5) is 5.69 Å². The zero-order valence-electron chi connectivity index (χ0n) is 14.5. The molecular formula is C20H18N2O4. The molecule has 0 saturated heterocycles. The monoisotopic (exact) mass is 350 g/mol. The molecular weight excluding hydrogens is 332 g/mol. The highest BCUT2D eigenvalue weighted by atomic mass is 16.6. The first-order valence-corrected chi connectivity index (χ1v) is 8.23. The second-order valence-corrected chi connectivity index (χ2v) is 5.69. The Kier molecular flexibility index (Phi) is 4.84. The van der Waals surface area contributed by atoms with Crippen LogP contribution in [0, 0.1) is 17.0 Å². The van der Waals surface area contributed by atoms with Gasteiger partial charge in [-0.2, -0.15) is 0 Å². The van der Waals surface area contributed by atoms with Crippen LogP contribution in [-0.4, -0.2) is 22.1 Å². The van der Waals surface area contributed by atoms with E-state index in [0.29, 0.717) is 22.5 Å². The predicted octanol–water partition coefficient (Wildman–Crippen LogP) is 4.54. The van der Waals surface area contributed by atoms with Crippen LogP contribution in [0.2, 0.25) is 0 Å². The quantitative estimate of drug-likeness (QED) is 0.385. The van der Waals surface area contributed by atoms with Gasteiger partial charge in [0.1, 0.15) is 0 Å². The van der Waals surface area contributed by atoms with Gasteiger partial charge < -0.3 is 9.30 Å².